The van der Waals surface area contributed by atoms with Gasteiger partial charge in [-0.25, -0.2) is 4.79 Å². The Labute approximate surface area is 83.0 Å². The van der Waals surface area contributed by atoms with Crippen molar-refractivity contribution in [3.8, 4) is 0 Å². The zero-order valence-electron chi connectivity index (χ0n) is 7.01. The largest absolute Gasteiger partial charge is 0.474 e. The van der Waals surface area contributed by atoms with Crippen LogP contribution >= 0.6 is 11.3 Å². The zero-order valence-corrected chi connectivity index (χ0v) is 7.82. The van der Waals surface area contributed by atoms with E-state index in [4.69, 9.17) is 9.52 Å². The zero-order chi connectivity index (χ0) is 9.97. The minimum atomic E-state index is -1.20. The standard InChI is InChI=1S/C8H6N2O3S/c11-8(12)7-10-9-6(13-7)4-5-2-1-3-14-5/h1-3H,4H2,(H,11,12). The molecule has 0 aliphatic carbocycles. The van der Waals surface area contributed by atoms with Crippen LogP contribution in [0.1, 0.15) is 21.5 Å². The minimum Gasteiger partial charge on any atom is -0.474 e. The van der Waals surface area contributed by atoms with Crippen molar-refractivity contribution in [2.75, 3.05) is 0 Å². The van der Waals surface area contributed by atoms with E-state index in [1.54, 1.807) is 11.3 Å². The smallest absolute Gasteiger partial charge is 0.393 e. The molecule has 0 saturated carbocycles. The molecule has 0 radical (unpaired) electrons. The van der Waals surface area contributed by atoms with Crippen LogP contribution in [-0.2, 0) is 6.42 Å². The highest BCUT2D eigenvalue weighted by Gasteiger charge is 2.13. The Morgan fingerprint density at radius 2 is 2.43 bits per heavy atom. The van der Waals surface area contributed by atoms with Crippen LogP contribution in [0.2, 0.25) is 0 Å². The second kappa shape index (κ2) is 3.59. The maximum atomic E-state index is 10.4. The third-order valence-electron chi connectivity index (χ3n) is 1.56. The van der Waals surface area contributed by atoms with Gasteiger partial charge in [0.2, 0.25) is 5.89 Å². The first-order valence-corrected chi connectivity index (χ1v) is 4.72. The van der Waals surface area contributed by atoms with Gasteiger partial charge in [-0.05, 0) is 11.4 Å². The summed E-state index contributed by atoms with van der Waals surface area (Å²) in [7, 11) is 0. The van der Waals surface area contributed by atoms with E-state index in [1.165, 1.54) is 0 Å². The number of thiophene rings is 1. The van der Waals surface area contributed by atoms with E-state index in [-0.39, 0.29) is 5.89 Å². The van der Waals surface area contributed by atoms with Crippen LogP contribution in [0.25, 0.3) is 0 Å². The molecule has 2 aromatic rings. The Morgan fingerprint density at radius 3 is 3.00 bits per heavy atom. The van der Waals surface area contributed by atoms with Gasteiger partial charge in [-0.3, -0.25) is 0 Å². The van der Waals surface area contributed by atoms with Crippen molar-refractivity contribution in [2.45, 2.75) is 6.42 Å². The molecule has 0 saturated heterocycles. The first-order chi connectivity index (χ1) is 6.75. The summed E-state index contributed by atoms with van der Waals surface area (Å²) >= 11 is 1.56. The molecule has 14 heavy (non-hydrogen) atoms. The van der Waals surface area contributed by atoms with Crippen molar-refractivity contribution < 1.29 is 14.3 Å². The Morgan fingerprint density at radius 1 is 1.57 bits per heavy atom. The summed E-state index contributed by atoms with van der Waals surface area (Å²) in [4.78, 5) is 11.5. The maximum absolute atomic E-state index is 10.4. The van der Waals surface area contributed by atoms with Crippen LogP contribution in [0.5, 0.6) is 0 Å². The second-order valence-electron chi connectivity index (χ2n) is 2.56. The van der Waals surface area contributed by atoms with E-state index in [1.807, 2.05) is 17.5 Å². The first kappa shape index (κ1) is 8.89. The minimum absolute atomic E-state index is 0.324. The van der Waals surface area contributed by atoms with Gasteiger partial charge in [0.15, 0.2) is 0 Å². The molecule has 0 aliphatic rings. The van der Waals surface area contributed by atoms with Crippen molar-refractivity contribution in [2.24, 2.45) is 0 Å². The molecule has 2 aromatic heterocycles. The number of hydrogen-bond donors (Lipinski definition) is 1. The summed E-state index contributed by atoms with van der Waals surface area (Å²) in [6.45, 7) is 0. The molecular formula is C8H6N2O3S. The van der Waals surface area contributed by atoms with Crippen molar-refractivity contribution in [1.82, 2.24) is 10.2 Å². The summed E-state index contributed by atoms with van der Waals surface area (Å²) in [5, 5.41) is 17.5. The van der Waals surface area contributed by atoms with Crippen LogP contribution in [0.3, 0.4) is 0 Å². The molecule has 0 amide bonds. The van der Waals surface area contributed by atoms with Crippen LogP contribution < -0.4 is 0 Å². The molecule has 2 heterocycles. The van der Waals surface area contributed by atoms with Crippen LogP contribution in [0.15, 0.2) is 21.9 Å². The van der Waals surface area contributed by atoms with E-state index in [2.05, 4.69) is 10.2 Å². The average molecular weight is 210 g/mol. The molecule has 0 fully saturated rings. The highest BCUT2D eigenvalue weighted by atomic mass is 32.1. The second-order valence-corrected chi connectivity index (χ2v) is 3.59. The van der Waals surface area contributed by atoms with Gasteiger partial charge in [-0.1, -0.05) is 6.07 Å². The maximum Gasteiger partial charge on any atom is 0.393 e. The highest BCUT2D eigenvalue weighted by molar-refractivity contribution is 7.09. The highest BCUT2D eigenvalue weighted by Crippen LogP contribution is 2.13. The monoisotopic (exact) mass is 210 g/mol. The number of aromatic nitrogens is 2. The number of carbonyl (C=O) groups is 1. The van der Waals surface area contributed by atoms with Gasteiger partial charge in [-0.15, -0.1) is 21.5 Å². The van der Waals surface area contributed by atoms with E-state index in [9.17, 15) is 4.79 Å². The van der Waals surface area contributed by atoms with Crippen molar-refractivity contribution in [1.29, 1.82) is 0 Å². The first-order valence-electron chi connectivity index (χ1n) is 3.84. The van der Waals surface area contributed by atoms with Gasteiger partial charge in [0.05, 0.1) is 6.42 Å². The average Bonchev–Trinajstić information content (AvgIpc) is 2.75. The lowest BCUT2D eigenvalue weighted by atomic mass is 10.3. The fourth-order valence-corrected chi connectivity index (χ4v) is 1.67. The normalized spacial score (nSPS) is 10.3. The van der Waals surface area contributed by atoms with E-state index >= 15 is 0 Å². The summed E-state index contributed by atoms with van der Waals surface area (Å²) in [5.41, 5.74) is 0. The molecule has 5 nitrogen and oxygen atoms in total. The van der Waals surface area contributed by atoms with Crippen molar-refractivity contribution in [3.05, 3.63) is 34.2 Å². The number of aromatic carboxylic acids is 1. The lowest BCUT2D eigenvalue weighted by Gasteiger charge is -1.88. The lowest BCUT2D eigenvalue weighted by molar-refractivity contribution is 0.0652. The van der Waals surface area contributed by atoms with Crippen molar-refractivity contribution >= 4 is 17.3 Å². The quantitative estimate of drug-likeness (QED) is 0.829. The topological polar surface area (TPSA) is 76.2 Å². The molecular weight excluding hydrogens is 204 g/mol. The molecule has 1 N–H and O–H groups in total. The molecule has 2 rings (SSSR count). The Kier molecular flexibility index (Phi) is 2.28. The molecule has 0 spiro atoms. The number of nitrogens with zero attached hydrogens (tertiary/aromatic N) is 2. The van der Waals surface area contributed by atoms with E-state index in [0.717, 1.165) is 4.88 Å². The molecule has 0 bridgehead atoms. The van der Waals surface area contributed by atoms with Crippen LogP contribution in [0, 0.1) is 0 Å². The Balaban J connectivity index is 2.14. The van der Waals surface area contributed by atoms with Crippen molar-refractivity contribution in [3.63, 3.8) is 0 Å². The van der Waals surface area contributed by atoms with Gasteiger partial charge < -0.3 is 9.52 Å². The summed E-state index contributed by atoms with van der Waals surface area (Å²) in [6, 6.07) is 3.84. The summed E-state index contributed by atoms with van der Waals surface area (Å²) in [6.07, 6.45) is 0.484. The molecule has 0 aromatic carbocycles. The lowest BCUT2D eigenvalue weighted by Crippen LogP contribution is -1.95. The van der Waals surface area contributed by atoms with Gasteiger partial charge in [0.25, 0.3) is 0 Å². The predicted molar refractivity (Wildman–Crippen MR) is 48.4 cm³/mol. The number of carboxylic acid groups (broad SMARTS) is 1. The van der Waals surface area contributed by atoms with Gasteiger partial charge in [0, 0.05) is 4.88 Å². The third kappa shape index (κ3) is 1.80. The number of carboxylic acids is 1. The molecule has 0 atom stereocenters. The SMILES string of the molecule is O=C(O)c1nnc(Cc2cccs2)o1. The van der Waals surface area contributed by atoms with E-state index < -0.39 is 5.97 Å². The van der Waals surface area contributed by atoms with Crippen LogP contribution in [0.4, 0.5) is 0 Å². The number of hydrogen-bond acceptors (Lipinski definition) is 5. The predicted octanol–water partition coefficient (Wildman–Crippen LogP) is 1.42. The molecule has 0 unspecified atom stereocenters. The fraction of sp³-hybridized carbons (Fsp3) is 0.125. The van der Waals surface area contributed by atoms with Gasteiger partial charge in [0.1, 0.15) is 0 Å². The van der Waals surface area contributed by atoms with Gasteiger partial charge in [-0.2, -0.15) is 0 Å². The molecule has 72 valence electrons. The molecule has 0 aliphatic heterocycles. The third-order valence-corrected chi connectivity index (χ3v) is 2.43. The van der Waals surface area contributed by atoms with Crippen LogP contribution in [-0.4, -0.2) is 21.3 Å². The molecule has 6 heteroatoms. The number of rotatable bonds is 3. The summed E-state index contributed by atoms with van der Waals surface area (Å²) < 4.78 is 4.90. The van der Waals surface area contributed by atoms with Gasteiger partial charge >= 0.3 is 11.9 Å². The fourth-order valence-electron chi connectivity index (χ4n) is 0.974. The Bertz CT molecular complexity index is 435. The Hall–Kier alpha value is -1.69. The summed E-state index contributed by atoms with van der Waals surface area (Å²) in [5.74, 6) is -1.24. The van der Waals surface area contributed by atoms with E-state index in [0.29, 0.717) is 12.3 Å².